The summed E-state index contributed by atoms with van der Waals surface area (Å²) in [6.45, 7) is 12.3. The van der Waals surface area contributed by atoms with Gasteiger partial charge in [-0.3, -0.25) is 24.2 Å². The number of carbonyl (C=O) groups is 2. The fourth-order valence-electron chi connectivity index (χ4n) is 7.95. The molecule has 1 aromatic carbocycles. The monoisotopic (exact) mass is 725 g/mol. The largest absolute Gasteiger partial charge is 0.378 e. The molecule has 8 rings (SSSR count). The predicted molar refractivity (Wildman–Crippen MR) is 197 cm³/mol. The molecule has 2 fully saturated rings. The van der Waals surface area contributed by atoms with E-state index in [1.807, 2.05) is 19.1 Å². The molecule has 0 bridgehead atoms. The van der Waals surface area contributed by atoms with Crippen molar-refractivity contribution in [1.82, 2.24) is 24.0 Å². The van der Waals surface area contributed by atoms with Crippen LogP contribution >= 0.6 is 0 Å². The molecule has 0 radical (unpaired) electrons. The van der Waals surface area contributed by atoms with E-state index in [0.717, 1.165) is 38.5 Å². The Morgan fingerprint density at radius 2 is 1.91 bits per heavy atom. The first-order valence-electron chi connectivity index (χ1n) is 17.8. The molecule has 4 aromatic rings. The summed E-state index contributed by atoms with van der Waals surface area (Å²) < 4.78 is 36.7. The maximum atomic E-state index is 14.1. The SMILES string of the molecule is C=CC(=O)Nc1cc(Nc2nc(-c3ccnc(N4CCn5c(cc6c5CC(F)(F)C6)C4=O)c3C)cn(C)c2=O)ccc1N1CCN(C2COC2)CC1C. The van der Waals surface area contributed by atoms with E-state index < -0.39 is 5.92 Å². The number of benzene rings is 1. The van der Waals surface area contributed by atoms with E-state index in [4.69, 9.17) is 9.72 Å². The highest BCUT2D eigenvalue weighted by Crippen LogP contribution is 2.39. The molecule has 1 unspecified atom stereocenters. The summed E-state index contributed by atoms with van der Waals surface area (Å²) in [6.07, 6.45) is 3.71. The molecule has 2 N–H and O–H groups in total. The van der Waals surface area contributed by atoms with Gasteiger partial charge in [-0.15, -0.1) is 0 Å². The number of aryl methyl sites for hydroxylation is 1. The number of piperazine rings is 1. The lowest BCUT2D eigenvalue weighted by atomic mass is 10.1. The van der Waals surface area contributed by atoms with Crippen molar-refractivity contribution >= 4 is 40.5 Å². The van der Waals surface area contributed by atoms with E-state index >= 15 is 0 Å². The number of nitrogens with zero attached hydrogens (tertiary/aromatic N) is 7. The van der Waals surface area contributed by atoms with Crippen LogP contribution < -0.4 is 26.0 Å². The second-order valence-electron chi connectivity index (χ2n) is 14.3. The van der Waals surface area contributed by atoms with Gasteiger partial charge in [-0.25, -0.2) is 18.7 Å². The van der Waals surface area contributed by atoms with E-state index in [9.17, 15) is 23.2 Å². The summed E-state index contributed by atoms with van der Waals surface area (Å²) in [5.74, 6) is -2.94. The quantitative estimate of drug-likeness (QED) is 0.258. The molecular weight excluding hydrogens is 684 g/mol. The second kappa shape index (κ2) is 13.2. The van der Waals surface area contributed by atoms with Crippen LogP contribution in [0.1, 0.15) is 34.2 Å². The number of aromatic nitrogens is 4. The van der Waals surface area contributed by atoms with Crippen molar-refractivity contribution in [2.24, 2.45) is 7.05 Å². The number of nitrogens with one attached hydrogen (secondary N) is 2. The number of hydrogen-bond acceptors (Lipinski definition) is 9. The number of fused-ring (bicyclic) bond motifs is 3. The van der Waals surface area contributed by atoms with E-state index in [0.29, 0.717) is 63.6 Å². The number of halogens is 2. The maximum absolute atomic E-state index is 14.1. The number of pyridine rings is 1. The summed E-state index contributed by atoms with van der Waals surface area (Å²) in [4.78, 5) is 55.3. The first-order chi connectivity index (χ1) is 25.4. The normalized spacial score (nSPS) is 19.8. The van der Waals surface area contributed by atoms with Gasteiger partial charge in [0, 0.05) is 87.1 Å². The predicted octanol–water partition coefficient (Wildman–Crippen LogP) is 4.12. The van der Waals surface area contributed by atoms with Crippen LogP contribution in [0.4, 0.5) is 37.5 Å². The topological polar surface area (TPSA) is 130 Å². The molecule has 4 aliphatic rings. The molecule has 1 aliphatic carbocycles. The molecule has 0 saturated carbocycles. The van der Waals surface area contributed by atoms with Gasteiger partial charge in [-0.05, 0) is 55.8 Å². The standard InChI is InChI=1S/C38H41F2N9O4/c1-5-33(50)43-28-15-25(6-7-30(28)47-11-10-46(18-22(47)2)26-20-53-21-26)42-34-37(52)45(4)19-29(44-34)27-8-9-41-35(23(27)3)49-13-12-48-31(36(49)51)14-24-16-38(39,40)17-32(24)48/h5-9,14-15,19,22,26H,1,10-13,16-18,20-21H2,2-4H3,(H,42,44)(H,43,50). The zero-order chi connectivity index (χ0) is 37.2. The van der Waals surface area contributed by atoms with Crippen molar-refractivity contribution in [2.75, 3.05) is 59.8 Å². The lowest BCUT2D eigenvalue weighted by Gasteiger charge is -2.46. The Labute approximate surface area is 304 Å². The maximum Gasteiger partial charge on any atom is 0.293 e. The number of ether oxygens (including phenoxy) is 1. The Bertz CT molecular complexity index is 2210. The minimum Gasteiger partial charge on any atom is -0.378 e. The number of alkyl halides is 2. The van der Waals surface area contributed by atoms with Crippen LogP contribution in [-0.2, 0) is 36.0 Å². The first kappa shape index (κ1) is 34.7. The Balaban J connectivity index is 1.07. The fourth-order valence-corrected chi connectivity index (χ4v) is 7.95. The summed E-state index contributed by atoms with van der Waals surface area (Å²) in [5.41, 5.74) is 4.87. The molecule has 1 atom stereocenters. The number of amides is 2. The van der Waals surface area contributed by atoms with Crippen molar-refractivity contribution in [3.63, 3.8) is 0 Å². The molecular formula is C38H41F2N9O4. The molecule has 276 valence electrons. The molecule has 15 heteroatoms. The Morgan fingerprint density at radius 3 is 2.64 bits per heavy atom. The second-order valence-corrected chi connectivity index (χ2v) is 14.3. The Kier molecular flexibility index (Phi) is 8.65. The Hall–Kier alpha value is -5.41. The zero-order valence-corrected chi connectivity index (χ0v) is 29.9. The van der Waals surface area contributed by atoms with Crippen molar-refractivity contribution in [3.05, 3.63) is 88.2 Å². The minimum absolute atomic E-state index is 0.0689. The van der Waals surface area contributed by atoms with Gasteiger partial charge in [0.2, 0.25) is 5.91 Å². The molecule has 3 aliphatic heterocycles. The first-order valence-corrected chi connectivity index (χ1v) is 17.8. The van der Waals surface area contributed by atoms with E-state index in [1.165, 1.54) is 10.6 Å². The molecule has 6 heterocycles. The van der Waals surface area contributed by atoms with Gasteiger partial charge < -0.3 is 29.4 Å². The van der Waals surface area contributed by atoms with Crippen LogP contribution in [0.25, 0.3) is 11.3 Å². The minimum atomic E-state index is -2.79. The van der Waals surface area contributed by atoms with Crippen LogP contribution in [0.2, 0.25) is 0 Å². The highest BCUT2D eigenvalue weighted by atomic mass is 19.3. The van der Waals surface area contributed by atoms with Crippen molar-refractivity contribution in [2.45, 2.75) is 51.2 Å². The molecule has 2 amide bonds. The van der Waals surface area contributed by atoms with Crippen LogP contribution in [0, 0.1) is 6.92 Å². The molecule has 0 spiro atoms. The third kappa shape index (κ3) is 6.27. The van der Waals surface area contributed by atoms with Crippen LogP contribution in [0.15, 0.2) is 60.2 Å². The lowest BCUT2D eigenvalue weighted by Crippen LogP contribution is -2.59. The van der Waals surface area contributed by atoms with E-state index in [-0.39, 0.29) is 48.6 Å². The Morgan fingerprint density at radius 1 is 1.09 bits per heavy atom. The van der Waals surface area contributed by atoms with Crippen LogP contribution in [0.5, 0.6) is 0 Å². The van der Waals surface area contributed by atoms with Crippen molar-refractivity contribution < 1.29 is 23.1 Å². The van der Waals surface area contributed by atoms with Crippen LogP contribution in [-0.4, -0.2) is 93.2 Å². The third-order valence-corrected chi connectivity index (χ3v) is 10.8. The highest BCUT2D eigenvalue weighted by Gasteiger charge is 2.43. The molecule has 13 nitrogen and oxygen atoms in total. The number of rotatable bonds is 8. The van der Waals surface area contributed by atoms with Gasteiger partial charge in [0.15, 0.2) is 5.82 Å². The van der Waals surface area contributed by atoms with Crippen LogP contribution in [0.3, 0.4) is 0 Å². The summed E-state index contributed by atoms with van der Waals surface area (Å²) in [5, 5.41) is 6.12. The lowest BCUT2D eigenvalue weighted by molar-refractivity contribution is -0.111. The van der Waals surface area contributed by atoms with Gasteiger partial charge in [-0.2, -0.15) is 0 Å². The molecule has 2 saturated heterocycles. The molecule has 53 heavy (non-hydrogen) atoms. The van der Waals surface area contributed by atoms with E-state index in [1.54, 1.807) is 47.1 Å². The fraction of sp³-hybridized carbons (Fsp3) is 0.395. The molecule has 3 aromatic heterocycles. The number of anilines is 5. The van der Waals surface area contributed by atoms with Gasteiger partial charge in [0.1, 0.15) is 11.5 Å². The van der Waals surface area contributed by atoms with Gasteiger partial charge in [0.05, 0.1) is 42.7 Å². The highest BCUT2D eigenvalue weighted by molar-refractivity contribution is 6.06. The number of hydrogen-bond donors (Lipinski definition) is 2. The van der Waals surface area contributed by atoms with E-state index in [2.05, 4.69) is 38.9 Å². The zero-order valence-electron chi connectivity index (χ0n) is 29.9. The summed E-state index contributed by atoms with van der Waals surface area (Å²) >= 11 is 0. The average Bonchev–Trinajstić information content (AvgIpc) is 3.59. The van der Waals surface area contributed by atoms with Gasteiger partial charge in [0.25, 0.3) is 17.4 Å². The summed E-state index contributed by atoms with van der Waals surface area (Å²) in [6, 6.07) is 9.56. The summed E-state index contributed by atoms with van der Waals surface area (Å²) in [7, 11) is 1.64. The third-order valence-electron chi connectivity index (χ3n) is 10.8. The van der Waals surface area contributed by atoms with Crippen molar-refractivity contribution in [3.8, 4) is 11.3 Å². The number of carbonyl (C=O) groups excluding carboxylic acids is 2. The smallest absolute Gasteiger partial charge is 0.293 e. The average molecular weight is 726 g/mol. The van der Waals surface area contributed by atoms with Gasteiger partial charge >= 0.3 is 0 Å². The van der Waals surface area contributed by atoms with Gasteiger partial charge in [-0.1, -0.05) is 6.58 Å². The van der Waals surface area contributed by atoms with Crippen molar-refractivity contribution in [1.29, 1.82) is 0 Å².